The zero-order valence-electron chi connectivity index (χ0n) is 18.6. The number of piperidine rings is 1. The van der Waals surface area contributed by atoms with Gasteiger partial charge in [0.25, 0.3) is 0 Å². The van der Waals surface area contributed by atoms with Crippen LogP contribution in [0, 0.1) is 11.8 Å². The molecular weight excluding hydrogens is 374 g/mol. The van der Waals surface area contributed by atoms with Gasteiger partial charge in [0.15, 0.2) is 0 Å². The van der Waals surface area contributed by atoms with Gasteiger partial charge in [-0.25, -0.2) is 5.48 Å². The zero-order chi connectivity index (χ0) is 22.2. The zero-order valence-corrected chi connectivity index (χ0v) is 18.6. The van der Waals surface area contributed by atoms with Crippen LogP contribution in [-0.4, -0.2) is 58.7 Å². The average Bonchev–Trinajstić information content (AvgIpc) is 2.71. The topological polar surface area (TPSA) is 119 Å². The van der Waals surface area contributed by atoms with E-state index in [-0.39, 0.29) is 30.8 Å². The molecule has 8 heteroatoms. The Morgan fingerprint density at radius 1 is 1.03 bits per heavy atom. The molecule has 0 aromatic carbocycles. The third-order valence-electron chi connectivity index (χ3n) is 4.98. The number of nitrogens with one attached hydrogen (secondary N) is 2. The van der Waals surface area contributed by atoms with Crippen molar-refractivity contribution in [3.63, 3.8) is 0 Å². The third-order valence-corrected chi connectivity index (χ3v) is 4.98. The van der Waals surface area contributed by atoms with Gasteiger partial charge in [-0.3, -0.25) is 19.6 Å². The van der Waals surface area contributed by atoms with E-state index in [1.807, 2.05) is 18.7 Å². The van der Waals surface area contributed by atoms with Crippen LogP contribution in [0.25, 0.3) is 0 Å². The van der Waals surface area contributed by atoms with Crippen molar-refractivity contribution in [3.05, 3.63) is 0 Å². The van der Waals surface area contributed by atoms with Crippen molar-refractivity contribution in [2.75, 3.05) is 19.7 Å². The van der Waals surface area contributed by atoms with E-state index in [4.69, 9.17) is 10.3 Å². The van der Waals surface area contributed by atoms with Gasteiger partial charge in [-0.05, 0) is 38.5 Å². The van der Waals surface area contributed by atoms with E-state index in [1.165, 1.54) is 0 Å². The van der Waals surface area contributed by atoms with Gasteiger partial charge in [-0.1, -0.05) is 40.0 Å². The molecular formula is C21H41N3O5. The fourth-order valence-corrected chi connectivity index (χ4v) is 3.33. The summed E-state index contributed by atoms with van der Waals surface area (Å²) in [6.07, 6.45) is 6.46. The van der Waals surface area contributed by atoms with Crippen molar-refractivity contribution in [2.24, 2.45) is 11.8 Å². The van der Waals surface area contributed by atoms with Crippen LogP contribution in [0.4, 0.5) is 0 Å². The van der Waals surface area contributed by atoms with Gasteiger partial charge in [-0.2, -0.15) is 0 Å². The van der Waals surface area contributed by atoms with E-state index in [1.54, 1.807) is 12.4 Å². The van der Waals surface area contributed by atoms with Crippen molar-refractivity contribution in [2.45, 2.75) is 85.1 Å². The Bertz CT molecular complexity index is 479. The lowest BCUT2D eigenvalue weighted by molar-refractivity contribution is -0.140. The fourth-order valence-electron chi connectivity index (χ4n) is 3.33. The Labute approximate surface area is 175 Å². The summed E-state index contributed by atoms with van der Waals surface area (Å²) in [4.78, 5) is 39.0. The first kappa shape index (κ1) is 27.3. The SMILES string of the molecule is CCCCC[C@H](CC(=O)NO)C(=O)N[C@H](C(=O)N1CCCCC1)C(C)C.CCO. The van der Waals surface area contributed by atoms with Crippen LogP contribution in [0.2, 0.25) is 0 Å². The first-order chi connectivity index (χ1) is 13.8. The second-order valence-electron chi connectivity index (χ2n) is 7.86. The molecule has 8 nitrogen and oxygen atoms in total. The predicted octanol–water partition coefficient (Wildman–Crippen LogP) is 2.23. The minimum absolute atomic E-state index is 0.0312. The van der Waals surface area contributed by atoms with Crippen LogP contribution in [0.15, 0.2) is 0 Å². The Kier molecular flexibility index (Phi) is 15.2. The molecule has 0 aromatic heterocycles. The Hall–Kier alpha value is -1.67. The molecule has 1 aliphatic rings. The maximum absolute atomic E-state index is 12.8. The molecule has 170 valence electrons. The van der Waals surface area contributed by atoms with E-state index < -0.39 is 17.9 Å². The number of amides is 3. The second kappa shape index (κ2) is 16.2. The molecule has 1 fully saturated rings. The summed E-state index contributed by atoms with van der Waals surface area (Å²) in [5.41, 5.74) is 1.60. The van der Waals surface area contributed by atoms with Gasteiger partial charge < -0.3 is 15.3 Å². The van der Waals surface area contributed by atoms with Gasteiger partial charge in [0.1, 0.15) is 6.04 Å². The maximum atomic E-state index is 12.8. The fraction of sp³-hybridized carbons (Fsp3) is 0.857. The normalized spacial score (nSPS) is 15.8. The molecule has 1 heterocycles. The largest absolute Gasteiger partial charge is 0.397 e. The van der Waals surface area contributed by atoms with E-state index in [0.717, 1.165) is 51.6 Å². The molecule has 1 rings (SSSR count). The second-order valence-corrected chi connectivity index (χ2v) is 7.86. The first-order valence-corrected chi connectivity index (χ1v) is 10.9. The molecule has 0 saturated carbocycles. The number of hydrogen-bond donors (Lipinski definition) is 4. The number of hydrogen-bond acceptors (Lipinski definition) is 5. The molecule has 0 unspecified atom stereocenters. The minimum Gasteiger partial charge on any atom is -0.397 e. The monoisotopic (exact) mass is 415 g/mol. The summed E-state index contributed by atoms with van der Waals surface area (Å²) in [6.45, 7) is 9.32. The van der Waals surface area contributed by atoms with Gasteiger partial charge in [0.05, 0.1) is 0 Å². The van der Waals surface area contributed by atoms with Gasteiger partial charge in [-0.15, -0.1) is 0 Å². The van der Waals surface area contributed by atoms with E-state index in [2.05, 4.69) is 12.2 Å². The highest BCUT2D eigenvalue weighted by Gasteiger charge is 2.31. The van der Waals surface area contributed by atoms with Gasteiger partial charge in [0, 0.05) is 32.0 Å². The number of rotatable bonds is 10. The number of nitrogens with zero attached hydrogens (tertiary/aromatic N) is 1. The molecule has 0 radical (unpaired) electrons. The molecule has 0 aromatic rings. The van der Waals surface area contributed by atoms with Crippen LogP contribution in [0.3, 0.4) is 0 Å². The van der Waals surface area contributed by atoms with Crippen molar-refractivity contribution in [1.82, 2.24) is 15.7 Å². The molecule has 29 heavy (non-hydrogen) atoms. The third kappa shape index (κ3) is 11.2. The van der Waals surface area contributed by atoms with Gasteiger partial charge >= 0.3 is 0 Å². The summed E-state index contributed by atoms with van der Waals surface area (Å²) < 4.78 is 0. The van der Waals surface area contributed by atoms with Crippen molar-refractivity contribution < 1.29 is 24.7 Å². The van der Waals surface area contributed by atoms with Crippen molar-refractivity contribution in [1.29, 1.82) is 0 Å². The molecule has 1 saturated heterocycles. The van der Waals surface area contributed by atoms with E-state index in [9.17, 15) is 14.4 Å². The minimum atomic E-state index is -0.579. The maximum Gasteiger partial charge on any atom is 0.245 e. The lowest BCUT2D eigenvalue weighted by atomic mass is 9.94. The molecule has 2 atom stereocenters. The first-order valence-electron chi connectivity index (χ1n) is 10.9. The lowest BCUT2D eigenvalue weighted by Gasteiger charge is -2.33. The average molecular weight is 416 g/mol. The van der Waals surface area contributed by atoms with Crippen molar-refractivity contribution >= 4 is 17.7 Å². The summed E-state index contributed by atoms with van der Waals surface area (Å²) in [6, 6.07) is -0.577. The number of carbonyl (C=O) groups excluding carboxylic acids is 3. The highest BCUT2D eigenvalue weighted by atomic mass is 16.5. The number of carbonyl (C=O) groups is 3. The van der Waals surface area contributed by atoms with Crippen LogP contribution < -0.4 is 10.8 Å². The number of aliphatic hydroxyl groups is 1. The number of hydroxylamine groups is 1. The van der Waals surface area contributed by atoms with E-state index >= 15 is 0 Å². The van der Waals surface area contributed by atoms with Crippen molar-refractivity contribution in [3.8, 4) is 0 Å². The Morgan fingerprint density at radius 2 is 1.62 bits per heavy atom. The molecule has 4 N–H and O–H groups in total. The molecule has 0 spiro atoms. The Morgan fingerprint density at radius 3 is 2.10 bits per heavy atom. The van der Waals surface area contributed by atoms with E-state index in [0.29, 0.717) is 6.42 Å². The smallest absolute Gasteiger partial charge is 0.245 e. The number of likely N-dealkylation sites (tertiary alicyclic amines) is 1. The standard InChI is InChI=1S/C19H35N3O4.C2H6O/c1-4-5-7-10-15(13-16(23)21-26)18(24)20-17(14(2)3)19(25)22-11-8-6-9-12-22;1-2-3/h14-15,17,26H,4-13H2,1-3H3,(H,20,24)(H,21,23);3H,2H2,1H3/t15-,17+;/m1./s1. The van der Waals surface area contributed by atoms with Crippen LogP contribution >= 0.6 is 0 Å². The number of unbranched alkanes of at least 4 members (excludes halogenated alkanes) is 2. The number of aliphatic hydroxyl groups excluding tert-OH is 1. The predicted molar refractivity (Wildman–Crippen MR) is 112 cm³/mol. The summed E-state index contributed by atoms with van der Waals surface area (Å²) >= 11 is 0. The molecule has 0 aliphatic carbocycles. The molecule has 1 aliphatic heterocycles. The Balaban J connectivity index is 0.00000245. The summed E-state index contributed by atoms with van der Waals surface area (Å²) in [5, 5.41) is 19.2. The highest BCUT2D eigenvalue weighted by molar-refractivity contribution is 5.90. The molecule has 3 amide bonds. The molecule has 0 bridgehead atoms. The summed E-state index contributed by atoms with van der Waals surface area (Å²) in [5.74, 6) is -1.47. The van der Waals surface area contributed by atoms with Gasteiger partial charge in [0.2, 0.25) is 17.7 Å². The highest BCUT2D eigenvalue weighted by Crippen LogP contribution is 2.17. The quantitative estimate of drug-likeness (QED) is 0.248. The van der Waals surface area contributed by atoms with Crippen LogP contribution in [-0.2, 0) is 14.4 Å². The van der Waals surface area contributed by atoms with Crippen LogP contribution in [0.1, 0.15) is 79.1 Å². The lowest BCUT2D eigenvalue weighted by Crippen LogP contribution is -2.53. The van der Waals surface area contributed by atoms with Crippen LogP contribution in [0.5, 0.6) is 0 Å². The summed E-state index contributed by atoms with van der Waals surface area (Å²) in [7, 11) is 0.